The van der Waals surface area contributed by atoms with E-state index >= 15 is 0 Å². The van der Waals surface area contributed by atoms with Gasteiger partial charge in [-0.1, -0.05) is 58.4 Å². The highest BCUT2D eigenvalue weighted by molar-refractivity contribution is 6.07. The molecule has 1 heterocycles. The number of nitrogens with zero attached hydrogens (tertiary/aromatic N) is 2. The molecule has 1 aromatic heterocycles. The molecule has 176 valence electrons. The summed E-state index contributed by atoms with van der Waals surface area (Å²) in [6, 6.07) is 9.70. The number of hydrogen-bond acceptors (Lipinski definition) is 2. The lowest BCUT2D eigenvalue weighted by Crippen LogP contribution is -2.34. The minimum absolute atomic E-state index is 0.0691. The average molecular weight is 458 g/mol. The lowest BCUT2D eigenvalue weighted by molar-refractivity contribution is 0.0980. The highest BCUT2D eigenvalue weighted by Gasteiger charge is 2.26. The maximum absolute atomic E-state index is 14.3. The van der Waals surface area contributed by atoms with Crippen LogP contribution in [0.4, 0.5) is 18.9 Å². The smallest absolute Gasteiger partial charge is 0.264 e. The number of halogens is 3. The fourth-order valence-corrected chi connectivity index (χ4v) is 3.29. The summed E-state index contributed by atoms with van der Waals surface area (Å²) in [7, 11) is 0. The maximum atomic E-state index is 14.3. The zero-order valence-electron chi connectivity index (χ0n) is 19.5. The first-order chi connectivity index (χ1) is 15.7. The Labute approximate surface area is 193 Å². The molecule has 1 amide bonds. The van der Waals surface area contributed by atoms with Crippen LogP contribution >= 0.6 is 0 Å². The number of nitrogens with one attached hydrogen (secondary N) is 1. The molecule has 7 heteroatoms. The van der Waals surface area contributed by atoms with Gasteiger partial charge in [-0.3, -0.25) is 9.89 Å². The van der Waals surface area contributed by atoms with Crippen LogP contribution in [0.5, 0.6) is 0 Å². The van der Waals surface area contributed by atoms with Crippen molar-refractivity contribution in [1.29, 1.82) is 0 Å². The minimum atomic E-state index is -1.25. The molecule has 3 rings (SSSR count). The molecule has 0 bridgehead atoms. The van der Waals surface area contributed by atoms with Crippen molar-refractivity contribution in [2.24, 2.45) is 5.92 Å². The molecule has 33 heavy (non-hydrogen) atoms. The van der Waals surface area contributed by atoms with Crippen molar-refractivity contribution in [3.63, 3.8) is 0 Å². The number of hydrogen-bond donors (Lipinski definition) is 1. The molecular formula is C26H30F3N3O. The van der Waals surface area contributed by atoms with E-state index in [-0.39, 0.29) is 6.54 Å². The summed E-state index contributed by atoms with van der Waals surface area (Å²) >= 11 is 0. The van der Waals surface area contributed by atoms with Crippen LogP contribution < -0.4 is 4.90 Å². The maximum Gasteiger partial charge on any atom is 0.264 e. The molecule has 0 unspecified atom stereocenters. The second-order valence-corrected chi connectivity index (χ2v) is 8.21. The van der Waals surface area contributed by atoms with Crippen LogP contribution in [0.2, 0.25) is 0 Å². The Morgan fingerprint density at radius 2 is 1.73 bits per heavy atom. The molecule has 0 radical (unpaired) electrons. The molecule has 3 aromatic rings. The van der Waals surface area contributed by atoms with Crippen LogP contribution in [0.1, 0.15) is 50.9 Å². The van der Waals surface area contributed by atoms with Crippen molar-refractivity contribution in [2.45, 2.75) is 40.5 Å². The van der Waals surface area contributed by atoms with Crippen molar-refractivity contribution in [3.8, 4) is 11.3 Å². The number of benzene rings is 2. The number of amides is 1. The monoisotopic (exact) mass is 457 g/mol. The molecule has 0 aliphatic heterocycles. The summed E-state index contributed by atoms with van der Waals surface area (Å²) in [5.41, 5.74) is 1.83. The Bertz CT molecular complexity index is 1060. The third-order valence-electron chi connectivity index (χ3n) is 4.51. The predicted molar refractivity (Wildman–Crippen MR) is 127 cm³/mol. The van der Waals surface area contributed by atoms with Gasteiger partial charge < -0.3 is 4.90 Å². The SMILES string of the molecule is C=C(CC(C)C)CN(C(=O)c1c(F)cc(F)cc1F)c1cccc(-c2ccn[nH]2)c1.CCC. The molecule has 0 saturated heterocycles. The Balaban J connectivity index is 0.00000122. The van der Waals surface area contributed by atoms with Gasteiger partial charge in [-0.2, -0.15) is 5.10 Å². The van der Waals surface area contributed by atoms with Gasteiger partial charge in [0.2, 0.25) is 0 Å². The van der Waals surface area contributed by atoms with Gasteiger partial charge in [0.05, 0.1) is 5.69 Å². The first-order valence-electron chi connectivity index (χ1n) is 10.9. The molecule has 0 spiro atoms. The number of rotatable bonds is 7. The largest absolute Gasteiger partial charge is 0.304 e. The third-order valence-corrected chi connectivity index (χ3v) is 4.51. The van der Waals surface area contributed by atoms with E-state index in [9.17, 15) is 18.0 Å². The van der Waals surface area contributed by atoms with Gasteiger partial charge in [0.15, 0.2) is 0 Å². The van der Waals surface area contributed by atoms with Crippen molar-refractivity contribution in [1.82, 2.24) is 10.2 Å². The lowest BCUT2D eigenvalue weighted by Gasteiger charge is -2.25. The highest BCUT2D eigenvalue weighted by atomic mass is 19.1. The van der Waals surface area contributed by atoms with Gasteiger partial charge in [-0.25, -0.2) is 13.2 Å². The first-order valence-corrected chi connectivity index (χ1v) is 10.9. The first kappa shape index (κ1) is 25.9. The van der Waals surface area contributed by atoms with E-state index in [1.807, 2.05) is 19.9 Å². The Kier molecular flexibility index (Phi) is 9.45. The van der Waals surface area contributed by atoms with Crippen LogP contribution in [-0.4, -0.2) is 22.6 Å². The Morgan fingerprint density at radius 1 is 1.09 bits per heavy atom. The van der Waals surface area contributed by atoms with Crippen LogP contribution in [-0.2, 0) is 0 Å². The van der Waals surface area contributed by atoms with Crippen LogP contribution in [0.15, 0.2) is 60.8 Å². The van der Waals surface area contributed by atoms with Gasteiger partial charge in [-0.15, -0.1) is 0 Å². The van der Waals surface area contributed by atoms with E-state index in [2.05, 4.69) is 30.6 Å². The molecule has 2 aromatic carbocycles. The summed E-state index contributed by atoms with van der Waals surface area (Å²) in [6.07, 6.45) is 3.48. The van der Waals surface area contributed by atoms with Gasteiger partial charge in [-0.05, 0) is 30.5 Å². The van der Waals surface area contributed by atoms with E-state index in [4.69, 9.17) is 0 Å². The zero-order valence-corrected chi connectivity index (χ0v) is 19.5. The van der Waals surface area contributed by atoms with Gasteiger partial charge in [0, 0.05) is 36.1 Å². The van der Waals surface area contributed by atoms with Crippen LogP contribution in [0.3, 0.4) is 0 Å². The predicted octanol–water partition coefficient (Wildman–Crippen LogP) is 7.16. The quantitative estimate of drug-likeness (QED) is 0.383. The van der Waals surface area contributed by atoms with E-state index in [1.54, 1.807) is 30.5 Å². The molecular weight excluding hydrogens is 427 g/mol. The number of anilines is 1. The van der Waals surface area contributed by atoms with Crippen LogP contribution in [0.25, 0.3) is 11.3 Å². The topological polar surface area (TPSA) is 49.0 Å². The fourth-order valence-electron chi connectivity index (χ4n) is 3.29. The minimum Gasteiger partial charge on any atom is -0.304 e. The molecule has 1 N–H and O–H groups in total. The third kappa shape index (κ3) is 7.07. The number of aromatic nitrogens is 2. The van der Waals surface area contributed by atoms with E-state index in [0.717, 1.165) is 16.8 Å². The summed E-state index contributed by atoms with van der Waals surface area (Å²) in [5.74, 6) is -4.19. The number of H-pyrrole nitrogens is 1. The van der Waals surface area contributed by atoms with E-state index in [1.165, 1.54) is 11.3 Å². The molecule has 4 nitrogen and oxygen atoms in total. The molecule has 0 aliphatic carbocycles. The summed E-state index contributed by atoms with van der Waals surface area (Å²) in [5, 5.41) is 6.75. The normalized spacial score (nSPS) is 10.5. The standard InChI is InChI=1S/C23H22F3N3O.C3H8/c1-14(2)9-15(3)13-29(23(30)22-19(25)11-17(24)12-20(22)26)18-6-4-5-16(10-18)21-7-8-27-28-21;1-3-2/h4-8,10-12,14H,3,9,13H2,1-2H3,(H,27,28);3H2,1-2H3. The second kappa shape index (κ2) is 12.0. The van der Waals surface area contributed by atoms with Gasteiger partial charge in [0.1, 0.15) is 23.0 Å². The lowest BCUT2D eigenvalue weighted by atomic mass is 10.0. The van der Waals surface area contributed by atoms with Crippen molar-refractivity contribution < 1.29 is 18.0 Å². The molecule has 0 aliphatic rings. The van der Waals surface area contributed by atoms with E-state index in [0.29, 0.717) is 30.2 Å². The zero-order chi connectivity index (χ0) is 24.5. The molecule has 0 saturated carbocycles. The fraction of sp³-hybridized carbons (Fsp3) is 0.308. The Morgan fingerprint density at radius 3 is 2.27 bits per heavy atom. The summed E-state index contributed by atoms with van der Waals surface area (Å²) in [6.45, 7) is 12.3. The highest BCUT2D eigenvalue weighted by Crippen LogP contribution is 2.27. The van der Waals surface area contributed by atoms with Crippen molar-refractivity contribution >= 4 is 11.6 Å². The van der Waals surface area contributed by atoms with Crippen molar-refractivity contribution in [3.05, 3.63) is 83.8 Å². The molecule has 0 atom stereocenters. The number of aromatic amines is 1. The number of carbonyl (C=O) groups is 1. The second-order valence-electron chi connectivity index (χ2n) is 8.21. The van der Waals surface area contributed by atoms with Gasteiger partial charge in [0.25, 0.3) is 5.91 Å². The van der Waals surface area contributed by atoms with Crippen LogP contribution in [0, 0.1) is 23.4 Å². The summed E-state index contributed by atoms with van der Waals surface area (Å²) in [4.78, 5) is 14.4. The average Bonchev–Trinajstić information content (AvgIpc) is 3.26. The van der Waals surface area contributed by atoms with Gasteiger partial charge >= 0.3 is 0 Å². The number of carbonyl (C=O) groups excluding carboxylic acids is 1. The molecule has 0 fully saturated rings. The van der Waals surface area contributed by atoms with E-state index < -0.39 is 28.9 Å². The Hall–Kier alpha value is -3.35. The van der Waals surface area contributed by atoms with Crippen molar-refractivity contribution in [2.75, 3.05) is 11.4 Å². The summed E-state index contributed by atoms with van der Waals surface area (Å²) < 4.78 is 42.0.